The molecule has 0 aliphatic heterocycles. The molecule has 0 saturated heterocycles. The summed E-state index contributed by atoms with van der Waals surface area (Å²) in [6.45, 7) is 1.48. The number of nitrogens with zero attached hydrogens (tertiary/aromatic N) is 1. The number of halogens is 1. The first-order valence-corrected chi connectivity index (χ1v) is 9.35. The second-order valence-electron chi connectivity index (χ2n) is 6.70. The van der Waals surface area contributed by atoms with Crippen LogP contribution in [0.4, 0.5) is 9.18 Å². The summed E-state index contributed by atoms with van der Waals surface area (Å²) in [6, 6.07) is 5.30. The molecule has 0 aromatic heterocycles. The fourth-order valence-corrected chi connectivity index (χ4v) is 2.85. The molecule has 1 aromatic rings. The molecule has 0 spiro atoms. The first-order chi connectivity index (χ1) is 13.0. The first kappa shape index (κ1) is 20.9. The minimum absolute atomic E-state index is 0.0886. The Kier molecular flexibility index (Phi) is 8.77. The van der Waals surface area contributed by atoms with E-state index in [-0.39, 0.29) is 18.3 Å². The normalized spacial score (nSPS) is 13.8. The molecule has 0 fully saturated rings. The summed E-state index contributed by atoms with van der Waals surface area (Å²) >= 11 is 0. The van der Waals surface area contributed by atoms with Gasteiger partial charge in [0.2, 0.25) is 5.91 Å². The first-order valence-electron chi connectivity index (χ1n) is 9.35. The molecule has 6 nitrogen and oxygen atoms in total. The standard InChI is InChI=1S/C20H28FN3O3/c1-24(13-14-27-18-9-7-17(21)8-10-18)15-19(25)23-20(26)22-12-11-16-5-3-2-4-6-16/h5,7-10H,2-4,6,11-15H2,1H3,(H2,22,23,25,26). The zero-order valence-electron chi connectivity index (χ0n) is 15.8. The van der Waals surface area contributed by atoms with E-state index in [1.54, 1.807) is 24.1 Å². The van der Waals surface area contributed by atoms with Crippen LogP contribution in [0, 0.1) is 5.82 Å². The number of nitrogens with one attached hydrogen (secondary N) is 2. The van der Waals surface area contributed by atoms with Gasteiger partial charge in [-0.25, -0.2) is 9.18 Å². The monoisotopic (exact) mass is 377 g/mol. The van der Waals surface area contributed by atoms with Crippen molar-refractivity contribution in [2.45, 2.75) is 32.1 Å². The molecule has 0 unspecified atom stereocenters. The average molecular weight is 377 g/mol. The molecule has 148 valence electrons. The molecular weight excluding hydrogens is 349 g/mol. The molecule has 0 saturated carbocycles. The Bertz CT molecular complexity index is 646. The van der Waals surface area contributed by atoms with Gasteiger partial charge in [0, 0.05) is 13.1 Å². The number of benzene rings is 1. The molecule has 0 radical (unpaired) electrons. The van der Waals surface area contributed by atoms with Crippen LogP contribution in [0.25, 0.3) is 0 Å². The van der Waals surface area contributed by atoms with E-state index >= 15 is 0 Å². The number of ether oxygens (including phenoxy) is 1. The summed E-state index contributed by atoms with van der Waals surface area (Å²) in [5.74, 6) is -0.111. The van der Waals surface area contributed by atoms with Gasteiger partial charge < -0.3 is 10.1 Å². The lowest BCUT2D eigenvalue weighted by Gasteiger charge is -2.17. The van der Waals surface area contributed by atoms with Gasteiger partial charge in [0.15, 0.2) is 0 Å². The Balaban J connectivity index is 1.56. The van der Waals surface area contributed by atoms with Crippen LogP contribution in [0.2, 0.25) is 0 Å². The molecule has 1 aromatic carbocycles. The van der Waals surface area contributed by atoms with Crippen LogP contribution < -0.4 is 15.4 Å². The maximum Gasteiger partial charge on any atom is 0.321 e. The Morgan fingerprint density at radius 1 is 1.22 bits per heavy atom. The lowest BCUT2D eigenvalue weighted by molar-refractivity contribution is -0.120. The lowest BCUT2D eigenvalue weighted by Crippen LogP contribution is -2.44. The quantitative estimate of drug-likeness (QED) is 0.649. The van der Waals surface area contributed by atoms with Crippen molar-refractivity contribution in [3.8, 4) is 5.75 Å². The van der Waals surface area contributed by atoms with Gasteiger partial charge >= 0.3 is 6.03 Å². The van der Waals surface area contributed by atoms with Crippen molar-refractivity contribution >= 4 is 11.9 Å². The van der Waals surface area contributed by atoms with Crippen LogP contribution in [-0.2, 0) is 4.79 Å². The van der Waals surface area contributed by atoms with Crippen molar-refractivity contribution in [3.63, 3.8) is 0 Å². The van der Waals surface area contributed by atoms with Crippen LogP contribution in [0.3, 0.4) is 0 Å². The summed E-state index contributed by atoms with van der Waals surface area (Å²) in [7, 11) is 1.76. The maximum atomic E-state index is 12.8. The number of hydrogen-bond donors (Lipinski definition) is 2. The van der Waals surface area contributed by atoms with Crippen molar-refractivity contribution < 1.29 is 18.7 Å². The van der Waals surface area contributed by atoms with E-state index in [9.17, 15) is 14.0 Å². The Morgan fingerprint density at radius 2 is 2.00 bits per heavy atom. The number of carbonyl (C=O) groups is 2. The molecule has 2 N–H and O–H groups in total. The molecule has 0 atom stereocenters. The van der Waals surface area contributed by atoms with Crippen molar-refractivity contribution in [2.24, 2.45) is 0 Å². The smallest absolute Gasteiger partial charge is 0.321 e. The van der Waals surface area contributed by atoms with Crippen molar-refractivity contribution in [3.05, 3.63) is 41.7 Å². The summed E-state index contributed by atoms with van der Waals surface area (Å²) in [6.07, 6.45) is 7.77. The molecule has 3 amide bonds. The molecule has 2 rings (SSSR count). The fourth-order valence-electron chi connectivity index (χ4n) is 2.85. The Morgan fingerprint density at radius 3 is 2.70 bits per heavy atom. The minimum Gasteiger partial charge on any atom is -0.492 e. The third-order valence-corrected chi connectivity index (χ3v) is 4.34. The SMILES string of the molecule is CN(CCOc1ccc(F)cc1)CC(=O)NC(=O)NCCC1=CCCCC1. The van der Waals surface area contributed by atoms with Gasteiger partial charge in [-0.05, 0) is 63.4 Å². The zero-order valence-corrected chi connectivity index (χ0v) is 15.8. The maximum absolute atomic E-state index is 12.8. The fraction of sp³-hybridized carbons (Fsp3) is 0.500. The van der Waals surface area contributed by atoms with Gasteiger partial charge in [0.05, 0.1) is 6.54 Å². The predicted octanol–water partition coefficient (Wildman–Crippen LogP) is 2.85. The van der Waals surface area contributed by atoms with Gasteiger partial charge in [-0.3, -0.25) is 15.0 Å². The molecule has 1 aliphatic carbocycles. The number of hydrogen-bond acceptors (Lipinski definition) is 4. The van der Waals surface area contributed by atoms with Crippen LogP contribution in [-0.4, -0.2) is 50.1 Å². The number of carbonyl (C=O) groups excluding carboxylic acids is 2. The summed E-state index contributed by atoms with van der Waals surface area (Å²) in [4.78, 5) is 25.4. The second kappa shape index (κ2) is 11.3. The van der Waals surface area contributed by atoms with Crippen LogP contribution >= 0.6 is 0 Å². The highest BCUT2D eigenvalue weighted by molar-refractivity contribution is 5.95. The third-order valence-electron chi connectivity index (χ3n) is 4.34. The zero-order chi connectivity index (χ0) is 19.5. The van der Waals surface area contributed by atoms with E-state index in [2.05, 4.69) is 16.7 Å². The number of amides is 3. The van der Waals surface area contributed by atoms with E-state index in [4.69, 9.17) is 4.74 Å². The number of likely N-dealkylation sites (N-methyl/N-ethyl adjacent to an activating group) is 1. The molecule has 27 heavy (non-hydrogen) atoms. The van der Waals surface area contributed by atoms with E-state index in [1.807, 2.05) is 0 Å². The largest absolute Gasteiger partial charge is 0.492 e. The highest BCUT2D eigenvalue weighted by atomic mass is 19.1. The third kappa shape index (κ3) is 8.68. The summed E-state index contributed by atoms with van der Waals surface area (Å²) in [5.41, 5.74) is 1.38. The lowest BCUT2D eigenvalue weighted by atomic mass is 9.97. The van der Waals surface area contributed by atoms with Gasteiger partial charge in [0.1, 0.15) is 18.2 Å². The Labute approximate surface area is 159 Å². The number of rotatable bonds is 9. The van der Waals surface area contributed by atoms with E-state index in [0.29, 0.717) is 25.4 Å². The van der Waals surface area contributed by atoms with Gasteiger partial charge in [-0.15, -0.1) is 0 Å². The molecule has 0 heterocycles. The highest BCUT2D eigenvalue weighted by Gasteiger charge is 2.11. The molecule has 0 bridgehead atoms. The Hall–Kier alpha value is -2.41. The minimum atomic E-state index is -0.465. The van der Waals surface area contributed by atoms with Crippen molar-refractivity contribution in [2.75, 3.05) is 33.3 Å². The summed E-state index contributed by atoms with van der Waals surface area (Å²) in [5, 5.41) is 5.05. The average Bonchev–Trinajstić information content (AvgIpc) is 2.64. The number of allylic oxidation sites excluding steroid dienone is 1. The van der Waals surface area contributed by atoms with E-state index < -0.39 is 6.03 Å². The van der Waals surface area contributed by atoms with Gasteiger partial charge in [0.25, 0.3) is 0 Å². The van der Waals surface area contributed by atoms with E-state index in [0.717, 1.165) is 19.3 Å². The van der Waals surface area contributed by atoms with Crippen LogP contribution in [0.1, 0.15) is 32.1 Å². The highest BCUT2D eigenvalue weighted by Crippen LogP contribution is 2.19. The van der Waals surface area contributed by atoms with Gasteiger partial charge in [-0.2, -0.15) is 0 Å². The van der Waals surface area contributed by atoms with Gasteiger partial charge in [-0.1, -0.05) is 11.6 Å². The van der Waals surface area contributed by atoms with Crippen molar-refractivity contribution in [1.29, 1.82) is 0 Å². The summed E-state index contributed by atoms with van der Waals surface area (Å²) < 4.78 is 18.3. The molecular formula is C20H28FN3O3. The second-order valence-corrected chi connectivity index (χ2v) is 6.70. The molecule has 7 heteroatoms. The predicted molar refractivity (Wildman–Crippen MR) is 102 cm³/mol. The van der Waals surface area contributed by atoms with E-state index in [1.165, 1.54) is 30.5 Å². The van der Waals surface area contributed by atoms with Crippen LogP contribution in [0.15, 0.2) is 35.9 Å². The number of imide groups is 1. The topological polar surface area (TPSA) is 70.7 Å². The van der Waals surface area contributed by atoms with Crippen molar-refractivity contribution in [1.82, 2.24) is 15.5 Å². The van der Waals surface area contributed by atoms with Crippen LogP contribution in [0.5, 0.6) is 5.75 Å². The molecule has 1 aliphatic rings. The number of urea groups is 1.